The van der Waals surface area contributed by atoms with Gasteiger partial charge in [0.15, 0.2) is 0 Å². The lowest BCUT2D eigenvalue weighted by molar-refractivity contribution is 0.157. The molecule has 2 fully saturated rings. The van der Waals surface area contributed by atoms with Gasteiger partial charge in [0.2, 0.25) is 0 Å². The highest BCUT2D eigenvalue weighted by Gasteiger charge is 2.40. The van der Waals surface area contributed by atoms with Crippen LogP contribution in [0, 0.1) is 5.92 Å². The Hall–Kier alpha value is -0.120. The number of aliphatic hydroxyl groups excluding tert-OH is 1. The Labute approximate surface area is 67.4 Å². The van der Waals surface area contributed by atoms with Crippen LogP contribution in [0.3, 0.4) is 0 Å². The van der Waals surface area contributed by atoms with Crippen LogP contribution in [0.15, 0.2) is 0 Å². The van der Waals surface area contributed by atoms with Crippen molar-refractivity contribution < 1.29 is 5.11 Å². The number of likely N-dealkylation sites (N-methyl/N-ethyl adjacent to an activating group) is 1. The SMILES string of the molecule is CN1C(CO)CC2CNCC21. The summed E-state index contributed by atoms with van der Waals surface area (Å²) >= 11 is 0. The Kier molecular flexibility index (Phi) is 1.87. The molecule has 0 amide bonds. The van der Waals surface area contributed by atoms with Crippen molar-refractivity contribution in [3.8, 4) is 0 Å². The molecule has 0 aliphatic carbocycles. The number of fused-ring (bicyclic) bond motifs is 1. The first-order valence-corrected chi connectivity index (χ1v) is 4.36. The molecular formula is C8H16N2O. The van der Waals surface area contributed by atoms with E-state index in [1.165, 1.54) is 6.42 Å². The average Bonchev–Trinajstić information content (AvgIpc) is 2.53. The molecule has 0 spiro atoms. The third-order valence-electron chi connectivity index (χ3n) is 3.19. The standard InChI is InChI=1S/C8H16N2O/c1-10-7(5-11)2-6-3-9-4-8(6)10/h6-9,11H,2-5H2,1H3. The van der Waals surface area contributed by atoms with Crippen molar-refractivity contribution in [2.45, 2.75) is 18.5 Å². The molecule has 3 nitrogen and oxygen atoms in total. The Morgan fingerprint density at radius 1 is 1.55 bits per heavy atom. The van der Waals surface area contributed by atoms with E-state index in [4.69, 9.17) is 5.11 Å². The fraction of sp³-hybridized carbons (Fsp3) is 1.00. The van der Waals surface area contributed by atoms with Crippen molar-refractivity contribution in [3.63, 3.8) is 0 Å². The van der Waals surface area contributed by atoms with Crippen LogP contribution >= 0.6 is 0 Å². The summed E-state index contributed by atoms with van der Waals surface area (Å²) < 4.78 is 0. The van der Waals surface area contributed by atoms with E-state index in [1.807, 2.05) is 0 Å². The molecule has 11 heavy (non-hydrogen) atoms. The second kappa shape index (κ2) is 2.73. The van der Waals surface area contributed by atoms with Gasteiger partial charge in [0.1, 0.15) is 0 Å². The topological polar surface area (TPSA) is 35.5 Å². The average molecular weight is 156 g/mol. The molecule has 2 aliphatic heterocycles. The van der Waals surface area contributed by atoms with E-state index in [0.717, 1.165) is 19.0 Å². The number of nitrogens with one attached hydrogen (secondary N) is 1. The lowest BCUT2D eigenvalue weighted by Gasteiger charge is -2.22. The van der Waals surface area contributed by atoms with E-state index in [9.17, 15) is 0 Å². The summed E-state index contributed by atoms with van der Waals surface area (Å²) in [7, 11) is 2.12. The maximum absolute atomic E-state index is 9.03. The van der Waals surface area contributed by atoms with Gasteiger partial charge >= 0.3 is 0 Å². The zero-order chi connectivity index (χ0) is 7.84. The number of hydrogen-bond donors (Lipinski definition) is 2. The van der Waals surface area contributed by atoms with Gasteiger partial charge in [-0.2, -0.15) is 0 Å². The fourth-order valence-corrected chi connectivity index (χ4v) is 2.43. The Morgan fingerprint density at radius 2 is 2.36 bits per heavy atom. The molecule has 2 heterocycles. The number of likely N-dealkylation sites (tertiary alicyclic amines) is 1. The Bertz CT molecular complexity index is 151. The van der Waals surface area contributed by atoms with Crippen molar-refractivity contribution in [2.24, 2.45) is 5.92 Å². The minimum absolute atomic E-state index is 0.323. The molecule has 3 atom stereocenters. The van der Waals surface area contributed by atoms with Crippen molar-refractivity contribution in [3.05, 3.63) is 0 Å². The fourth-order valence-electron chi connectivity index (χ4n) is 2.43. The molecule has 0 aromatic heterocycles. The van der Waals surface area contributed by atoms with Crippen LogP contribution in [0.1, 0.15) is 6.42 Å². The lowest BCUT2D eigenvalue weighted by atomic mass is 10.0. The Balaban J connectivity index is 2.04. The van der Waals surface area contributed by atoms with Crippen LogP contribution in [-0.4, -0.2) is 48.8 Å². The van der Waals surface area contributed by atoms with Gasteiger partial charge in [-0.1, -0.05) is 0 Å². The number of hydrogen-bond acceptors (Lipinski definition) is 3. The first-order chi connectivity index (χ1) is 5.33. The highest BCUT2D eigenvalue weighted by Crippen LogP contribution is 2.30. The minimum atomic E-state index is 0.323. The van der Waals surface area contributed by atoms with E-state index in [2.05, 4.69) is 17.3 Å². The monoisotopic (exact) mass is 156 g/mol. The van der Waals surface area contributed by atoms with Crippen LogP contribution < -0.4 is 5.32 Å². The van der Waals surface area contributed by atoms with Crippen molar-refractivity contribution in [1.82, 2.24) is 10.2 Å². The molecule has 0 radical (unpaired) electrons. The molecule has 3 heteroatoms. The Morgan fingerprint density at radius 3 is 3.00 bits per heavy atom. The molecule has 0 aromatic carbocycles. The molecule has 2 N–H and O–H groups in total. The molecule has 0 aromatic rings. The number of nitrogens with zero attached hydrogens (tertiary/aromatic N) is 1. The van der Waals surface area contributed by atoms with E-state index < -0.39 is 0 Å². The zero-order valence-corrected chi connectivity index (χ0v) is 6.95. The normalized spacial score (nSPS) is 44.7. The smallest absolute Gasteiger partial charge is 0.0586 e. The summed E-state index contributed by atoms with van der Waals surface area (Å²) in [6.07, 6.45) is 1.17. The largest absolute Gasteiger partial charge is 0.395 e. The number of rotatable bonds is 1. The highest BCUT2D eigenvalue weighted by molar-refractivity contribution is 4.97. The summed E-state index contributed by atoms with van der Waals surface area (Å²) in [6, 6.07) is 1.11. The van der Waals surface area contributed by atoms with Crippen LogP contribution in [0.2, 0.25) is 0 Å². The zero-order valence-electron chi connectivity index (χ0n) is 6.95. The maximum atomic E-state index is 9.03. The van der Waals surface area contributed by atoms with Gasteiger partial charge in [-0.3, -0.25) is 4.90 Å². The van der Waals surface area contributed by atoms with Gasteiger partial charge in [-0.05, 0) is 25.9 Å². The first-order valence-electron chi connectivity index (χ1n) is 4.36. The molecule has 2 aliphatic rings. The van der Waals surface area contributed by atoms with Gasteiger partial charge in [0.25, 0.3) is 0 Å². The lowest BCUT2D eigenvalue weighted by Crippen LogP contribution is -2.37. The summed E-state index contributed by atoms with van der Waals surface area (Å²) in [5.74, 6) is 0.789. The summed E-state index contributed by atoms with van der Waals surface area (Å²) in [5.41, 5.74) is 0. The maximum Gasteiger partial charge on any atom is 0.0586 e. The third-order valence-corrected chi connectivity index (χ3v) is 3.19. The van der Waals surface area contributed by atoms with E-state index in [0.29, 0.717) is 18.7 Å². The van der Waals surface area contributed by atoms with Crippen molar-refractivity contribution in [1.29, 1.82) is 0 Å². The highest BCUT2D eigenvalue weighted by atomic mass is 16.3. The van der Waals surface area contributed by atoms with Gasteiger partial charge in [-0.25, -0.2) is 0 Å². The summed E-state index contributed by atoms with van der Waals surface area (Å²) in [5, 5.41) is 12.4. The van der Waals surface area contributed by atoms with E-state index in [-0.39, 0.29) is 0 Å². The molecule has 2 rings (SSSR count). The predicted molar refractivity (Wildman–Crippen MR) is 43.4 cm³/mol. The van der Waals surface area contributed by atoms with Gasteiger partial charge < -0.3 is 10.4 Å². The molecule has 3 unspecified atom stereocenters. The molecule has 0 saturated carbocycles. The molecule has 0 bridgehead atoms. The quantitative estimate of drug-likeness (QED) is 0.525. The molecule has 64 valence electrons. The number of aliphatic hydroxyl groups is 1. The third kappa shape index (κ3) is 1.08. The van der Waals surface area contributed by atoms with Gasteiger partial charge in [0.05, 0.1) is 6.61 Å². The van der Waals surface area contributed by atoms with Crippen LogP contribution in [0.4, 0.5) is 0 Å². The minimum Gasteiger partial charge on any atom is -0.395 e. The van der Waals surface area contributed by atoms with Gasteiger partial charge in [-0.15, -0.1) is 0 Å². The second-order valence-corrected chi connectivity index (χ2v) is 3.72. The van der Waals surface area contributed by atoms with Gasteiger partial charge in [0, 0.05) is 18.6 Å². The first kappa shape index (κ1) is 7.53. The molecular weight excluding hydrogens is 140 g/mol. The van der Waals surface area contributed by atoms with Crippen LogP contribution in [-0.2, 0) is 0 Å². The van der Waals surface area contributed by atoms with Crippen LogP contribution in [0.25, 0.3) is 0 Å². The van der Waals surface area contributed by atoms with E-state index >= 15 is 0 Å². The summed E-state index contributed by atoms with van der Waals surface area (Å²) in [6.45, 7) is 2.58. The van der Waals surface area contributed by atoms with Crippen LogP contribution in [0.5, 0.6) is 0 Å². The van der Waals surface area contributed by atoms with Crippen molar-refractivity contribution >= 4 is 0 Å². The second-order valence-electron chi connectivity index (χ2n) is 3.72. The predicted octanol–water partition coefficient (Wildman–Crippen LogP) is -0.729. The summed E-state index contributed by atoms with van der Waals surface area (Å²) in [4.78, 5) is 2.32. The molecule has 2 saturated heterocycles. The van der Waals surface area contributed by atoms with Crippen molar-refractivity contribution in [2.75, 3.05) is 26.7 Å². The van der Waals surface area contributed by atoms with E-state index in [1.54, 1.807) is 0 Å².